The molecule has 0 spiro atoms. The SMILES string of the molecule is CCOc1ccccc1-n1ccc([C@H]2SCC(=O)N2Cc2ccccc2)c1. The van der Waals surface area contributed by atoms with Crippen molar-refractivity contribution in [3.8, 4) is 11.4 Å². The first kappa shape index (κ1) is 17.7. The minimum atomic E-state index is 0.0400. The first-order chi connectivity index (χ1) is 13.3. The first-order valence-electron chi connectivity index (χ1n) is 9.11. The highest BCUT2D eigenvalue weighted by molar-refractivity contribution is 8.00. The van der Waals surface area contributed by atoms with Gasteiger partial charge >= 0.3 is 0 Å². The van der Waals surface area contributed by atoms with Crippen LogP contribution in [-0.4, -0.2) is 27.7 Å². The van der Waals surface area contributed by atoms with Crippen molar-refractivity contribution in [3.63, 3.8) is 0 Å². The fourth-order valence-electron chi connectivity index (χ4n) is 3.34. The Hall–Kier alpha value is -2.66. The lowest BCUT2D eigenvalue weighted by atomic mass is 10.2. The highest BCUT2D eigenvalue weighted by Crippen LogP contribution is 2.40. The normalized spacial score (nSPS) is 16.7. The molecule has 1 aromatic heterocycles. The van der Waals surface area contributed by atoms with Gasteiger partial charge in [-0.25, -0.2) is 0 Å². The molecule has 1 saturated heterocycles. The maximum Gasteiger partial charge on any atom is 0.234 e. The van der Waals surface area contributed by atoms with E-state index in [1.54, 1.807) is 11.8 Å². The van der Waals surface area contributed by atoms with Crippen LogP contribution in [0.5, 0.6) is 5.75 Å². The Balaban J connectivity index is 1.60. The van der Waals surface area contributed by atoms with E-state index in [1.165, 1.54) is 0 Å². The molecule has 1 aliphatic rings. The Morgan fingerprint density at radius 1 is 1.07 bits per heavy atom. The minimum Gasteiger partial charge on any atom is -0.492 e. The Morgan fingerprint density at radius 2 is 1.85 bits per heavy atom. The van der Waals surface area contributed by atoms with Gasteiger partial charge in [-0.3, -0.25) is 4.79 Å². The van der Waals surface area contributed by atoms with Gasteiger partial charge in [-0.2, -0.15) is 0 Å². The number of rotatable bonds is 6. The molecule has 3 aromatic rings. The molecule has 1 aliphatic heterocycles. The second kappa shape index (κ2) is 7.92. The molecule has 0 unspecified atom stereocenters. The van der Waals surface area contributed by atoms with Gasteiger partial charge < -0.3 is 14.2 Å². The standard InChI is InChI=1S/C22H22N2O2S/c1-2-26-20-11-7-6-10-19(20)23-13-12-18(15-23)22-24(21(25)16-27-22)14-17-8-4-3-5-9-17/h3-13,15,22H,2,14,16H2,1H3/t22-/m1/s1. The van der Waals surface area contributed by atoms with Gasteiger partial charge in [-0.05, 0) is 30.7 Å². The predicted molar refractivity (Wildman–Crippen MR) is 109 cm³/mol. The summed E-state index contributed by atoms with van der Waals surface area (Å²) in [6.45, 7) is 3.25. The van der Waals surface area contributed by atoms with Crippen molar-refractivity contribution in [1.29, 1.82) is 0 Å². The first-order valence-corrected chi connectivity index (χ1v) is 10.2. The van der Waals surface area contributed by atoms with E-state index in [4.69, 9.17) is 4.74 Å². The predicted octanol–water partition coefficient (Wildman–Crippen LogP) is 4.65. The van der Waals surface area contributed by atoms with Gasteiger partial charge in [0, 0.05) is 24.5 Å². The van der Waals surface area contributed by atoms with Crippen LogP contribution in [0.15, 0.2) is 73.1 Å². The number of amides is 1. The average molecular weight is 378 g/mol. The number of thioether (sulfide) groups is 1. The van der Waals surface area contributed by atoms with Gasteiger partial charge in [-0.1, -0.05) is 42.5 Å². The third-order valence-electron chi connectivity index (χ3n) is 4.61. The summed E-state index contributed by atoms with van der Waals surface area (Å²) < 4.78 is 7.83. The summed E-state index contributed by atoms with van der Waals surface area (Å²) in [7, 11) is 0. The molecule has 27 heavy (non-hydrogen) atoms. The van der Waals surface area contributed by atoms with Crippen molar-refractivity contribution in [1.82, 2.24) is 9.47 Å². The summed E-state index contributed by atoms with van der Waals surface area (Å²) in [4.78, 5) is 14.4. The number of hydrogen-bond acceptors (Lipinski definition) is 3. The second-order valence-corrected chi connectivity index (χ2v) is 7.49. The number of nitrogens with zero attached hydrogens (tertiary/aromatic N) is 2. The summed E-state index contributed by atoms with van der Waals surface area (Å²) in [5.74, 6) is 1.58. The zero-order chi connectivity index (χ0) is 18.6. The van der Waals surface area contributed by atoms with E-state index < -0.39 is 0 Å². The monoisotopic (exact) mass is 378 g/mol. The molecular weight excluding hydrogens is 356 g/mol. The maximum absolute atomic E-state index is 12.5. The molecule has 2 aromatic carbocycles. The van der Waals surface area contributed by atoms with Crippen LogP contribution >= 0.6 is 11.8 Å². The third kappa shape index (κ3) is 3.74. The van der Waals surface area contributed by atoms with E-state index >= 15 is 0 Å². The van der Waals surface area contributed by atoms with Crippen LogP contribution in [0.4, 0.5) is 0 Å². The average Bonchev–Trinajstić information content (AvgIpc) is 3.31. The van der Waals surface area contributed by atoms with Crippen LogP contribution in [-0.2, 0) is 11.3 Å². The van der Waals surface area contributed by atoms with Crippen molar-refractivity contribution in [2.45, 2.75) is 18.8 Å². The lowest BCUT2D eigenvalue weighted by Crippen LogP contribution is -2.27. The molecule has 138 valence electrons. The molecule has 5 heteroatoms. The van der Waals surface area contributed by atoms with Crippen LogP contribution < -0.4 is 4.74 Å². The van der Waals surface area contributed by atoms with E-state index in [0.29, 0.717) is 18.9 Å². The molecular formula is C22H22N2O2S. The highest BCUT2D eigenvalue weighted by atomic mass is 32.2. The fraction of sp³-hybridized carbons (Fsp3) is 0.227. The molecule has 1 fully saturated rings. The molecule has 4 nitrogen and oxygen atoms in total. The molecule has 0 aliphatic carbocycles. The Bertz CT molecular complexity index is 923. The van der Waals surface area contributed by atoms with Crippen molar-refractivity contribution in [3.05, 3.63) is 84.2 Å². The van der Waals surface area contributed by atoms with Crippen LogP contribution in [0.1, 0.15) is 23.4 Å². The smallest absolute Gasteiger partial charge is 0.234 e. The van der Waals surface area contributed by atoms with Crippen molar-refractivity contribution < 1.29 is 9.53 Å². The van der Waals surface area contributed by atoms with E-state index in [2.05, 4.69) is 29.0 Å². The van der Waals surface area contributed by atoms with Gasteiger partial charge in [0.05, 0.1) is 18.0 Å². The molecule has 0 N–H and O–H groups in total. The number of carbonyl (C=O) groups excluding carboxylic acids is 1. The zero-order valence-electron chi connectivity index (χ0n) is 15.2. The van der Waals surface area contributed by atoms with Crippen LogP contribution in [0, 0.1) is 0 Å². The number of hydrogen-bond donors (Lipinski definition) is 0. The molecule has 1 atom stereocenters. The summed E-state index contributed by atoms with van der Waals surface area (Å²) in [6.07, 6.45) is 4.14. The largest absolute Gasteiger partial charge is 0.492 e. The number of carbonyl (C=O) groups is 1. The van der Waals surface area contributed by atoms with Gasteiger partial charge in [0.1, 0.15) is 11.1 Å². The number of aromatic nitrogens is 1. The van der Waals surface area contributed by atoms with E-state index in [1.807, 2.05) is 60.5 Å². The zero-order valence-corrected chi connectivity index (χ0v) is 16.1. The molecule has 0 bridgehead atoms. The van der Waals surface area contributed by atoms with Crippen LogP contribution in [0.2, 0.25) is 0 Å². The van der Waals surface area contributed by atoms with E-state index in [-0.39, 0.29) is 11.3 Å². The number of benzene rings is 2. The summed E-state index contributed by atoms with van der Waals surface area (Å²) in [5, 5.41) is 0.0400. The van der Waals surface area contributed by atoms with E-state index in [0.717, 1.165) is 22.6 Å². The van der Waals surface area contributed by atoms with Gasteiger partial charge in [0.2, 0.25) is 5.91 Å². The quantitative estimate of drug-likeness (QED) is 0.626. The second-order valence-electron chi connectivity index (χ2n) is 6.42. The Labute approximate surface area is 163 Å². The number of para-hydroxylation sites is 2. The summed E-state index contributed by atoms with van der Waals surface area (Å²) in [6, 6.07) is 20.3. The van der Waals surface area contributed by atoms with E-state index in [9.17, 15) is 4.79 Å². The Kier molecular flexibility index (Phi) is 5.21. The topological polar surface area (TPSA) is 34.5 Å². The van der Waals surface area contributed by atoms with Crippen LogP contribution in [0.3, 0.4) is 0 Å². The van der Waals surface area contributed by atoms with Crippen molar-refractivity contribution in [2.75, 3.05) is 12.4 Å². The molecule has 0 saturated carbocycles. The van der Waals surface area contributed by atoms with Gasteiger partial charge in [-0.15, -0.1) is 11.8 Å². The molecule has 4 rings (SSSR count). The highest BCUT2D eigenvalue weighted by Gasteiger charge is 2.33. The maximum atomic E-state index is 12.5. The lowest BCUT2D eigenvalue weighted by Gasteiger charge is -2.23. The minimum absolute atomic E-state index is 0.0400. The fourth-order valence-corrected chi connectivity index (χ4v) is 4.51. The van der Waals surface area contributed by atoms with Crippen LogP contribution in [0.25, 0.3) is 5.69 Å². The molecule has 0 radical (unpaired) electrons. The number of ether oxygens (including phenoxy) is 1. The summed E-state index contributed by atoms with van der Waals surface area (Å²) in [5.41, 5.74) is 3.29. The summed E-state index contributed by atoms with van der Waals surface area (Å²) >= 11 is 1.69. The van der Waals surface area contributed by atoms with Crippen molar-refractivity contribution in [2.24, 2.45) is 0 Å². The van der Waals surface area contributed by atoms with Gasteiger partial charge in [0.25, 0.3) is 0 Å². The Morgan fingerprint density at radius 3 is 2.67 bits per heavy atom. The van der Waals surface area contributed by atoms with Crippen molar-refractivity contribution >= 4 is 17.7 Å². The molecule has 2 heterocycles. The van der Waals surface area contributed by atoms with Gasteiger partial charge in [0.15, 0.2) is 0 Å². The molecule has 1 amide bonds. The lowest BCUT2D eigenvalue weighted by molar-refractivity contribution is -0.128. The third-order valence-corrected chi connectivity index (χ3v) is 5.86.